The van der Waals surface area contributed by atoms with E-state index in [1.807, 2.05) is 31.4 Å². The van der Waals surface area contributed by atoms with Crippen LogP contribution in [0.15, 0.2) is 41.1 Å². The molecular formula is C28H35N5O4S. The summed E-state index contributed by atoms with van der Waals surface area (Å²) in [5.41, 5.74) is 2.14. The van der Waals surface area contributed by atoms with Gasteiger partial charge in [-0.1, -0.05) is 13.8 Å². The maximum atomic E-state index is 13.7. The zero-order chi connectivity index (χ0) is 26.8. The number of Topliss-reactive ketones (excluding diaryl/α,β-unsaturated/α-hetero) is 1. The molecule has 3 amide bonds. The largest absolute Gasteiger partial charge is 0.369 e. The number of hydrogen-bond donors (Lipinski definition) is 2. The Hall–Kier alpha value is -3.24. The second kappa shape index (κ2) is 11.2. The second-order valence-electron chi connectivity index (χ2n) is 10.7. The Balaban J connectivity index is 1.28. The third-order valence-electron chi connectivity index (χ3n) is 7.66. The van der Waals surface area contributed by atoms with Crippen molar-refractivity contribution in [2.24, 2.45) is 5.92 Å². The normalized spacial score (nSPS) is 22.1. The number of likely N-dealkylation sites (tertiary alicyclic amines) is 2. The van der Waals surface area contributed by atoms with Gasteiger partial charge in [-0.15, -0.1) is 0 Å². The van der Waals surface area contributed by atoms with Crippen molar-refractivity contribution in [2.45, 2.75) is 44.8 Å². The highest BCUT2D eigenvalue weighted by Crippen LogP contribution is 2.32. The molecule has 0 bridgehead atoms. The molecule has 3 atom stereocenters. The maximum Gasteiger partial charge on any atom is 0.255 e. The summed E-state index contributed by atoms with van der Waals surface area (Å²) in [5.74, 6) is -0.692. The topological polar surface area (TPSA) is 102 Å². The van der Waals surface area contributed by atoms with Crippen LogP contribution in [-0.2, 0) is 9.59 Å². The molecule has 38 heavy (non-hydrogen) atoms. The van der Waals surface area contributed by atoms with Crippen molar-refractivity contribution in [3.8, 4) is 0 Å². The molecule has 3 unspecified atom stereocenters. The van der Waals surface area contributed by atoms with Crippen molar-refractivity contribution >= 4 is 40.5 Å². The summed E-state index contributed by atoms with van der Waals surface area (Å²) in [6.45, 7) is 8.11. The smallest absolute Gasteiger partial charge is 0.255 e. The summed E-state index contributed by atoms with van der Waals surface area (Å²) in [7, 11) is 0. The number of carbonyl (C=O) groups is 4. The van der Waals surface area contributed by atoms with E-state index in [1.165, 1.54) is 11.3 Å². The van der Waals surface area contributed by atoms with Gasteiger partial charge < -0.3 is 25.3 Å². The number of anilines is 1. The molecule has 1 aromatic carbocycles. The summed E-state index contributed by atoms with van der Waals surface area (Å²) in [4.78, 5) is 58.4. The van der Waals surface area contributed by atoms with Crippen LogP contribution in [0.2, 0.25) is 0 Å². The van der Waals surface area contributed by atoms with E-state index in [4.69, 9.17) is 0 Å². The highest BCUT2D eigenvalue weighted by molar-refractivity contribution is 7.08. The minimum absolute atomic E-state index is 0.00836. The summed E-state index contributed by atoms with van der Waals surface area (Å²) < 4.78 is 0. The minimum Gasteiger partial charge on any atom is -0.369 e. The fraction of sp³-hybridized carbons (Fsp3) is 0.500. The first-order chi connectivity index (χ1) is 18.3. The first-order valence-corrected chi connectivity index (χ1v) is 14.3. The standard InChI is InChI=1S/C28H35N5O4S/c1-18(2)15-22(30-26(35)19-3-5-21(6-4-19)31-12-9-29-10-13-31)28(37)32-11-7-23-25(32)24(34)16-33(23)27(36)20-8-14-38-17-20/h3-6,8,14,17-18,22-23,25,29H,7,9-13,15-16H2,1-2H3,(H,30,35). The summed E-state index contributed by atoms with van der Waals surface area (Å²) in [6.07, 6.45) is 1.01. The molecule has 0 spiro atoms. The molecule has 202 valence electrons. The van der Waals surface area contributed by atoms with Gasteiger partial charge in [0.05, 0.1) is 18.2 Å². The van der Waals surface area contributed by atoms with Gasteiger partial charge in [0.15, 0.2) is 5.78 Å². The monoisotopic (exact) mass is 537 g/mol. The number of piperazine rings is 1. The van der Waals surface area contributed by atoms with Gasteiger partial charge in [0.25, 0.3) is 11.8 Å². The lowest BCUT2D eigenvalue weighted by Gasteiger charge is -2.30. The van der Waals surface area contributed by atoms with Crippen molar-refractivity contribution < 1.29 is 19.2 Å². The lowest BCUT2D eigenvalue weighted by Crippen LogP contribution is -2.53. The molecule has 3 aliphatic rings. The van der Waals surface area contributed by atoms with Gasteiger partial charge in [-0.25, -0.2) is 0 Å². The van der Waals surface area contributed by atoms with Crippen LogP contribution in [-0.4, -0.2) is 90.7 Å². The molecule has 3 fully saturated rings. The van der Waals surface area contributed by atoms with Crippen LogP contribution in [0.5, 0.6) is 0 Å². The van der Waals surface area contributed by atoms with Gasteiger partial charge in [0.1, 0.15) is 12.1 Å². The molecule has 0 radical (unpaired) electrons. The molecule has 2 N–H and O–H groups in total. The Morgan fingerprint density at radius 3 is 2.42 bits per heavy atom. The molecule has 3 saturated heterocycles. The first kappa shape index (κ1) is 26.4. The molecule has 5 rings (SSSR count). The average Bonchev–Trinajstić information content (AvgIpc) is 3.67. The number of thiophene rings is 1. The number of ketones is 1. The number of nitrogens with one attached hydrogen (secondary N) is 2. The Bertz CT molecular complexity index is 1180. The van der Waals surface area contributed by atoms with Gasteiger partial charge in [-0.05, 0) is 54.5 Å². The van der Waals surface area contributed by atoms with E-state index in [1.54, 1.807) is 33.4 Å². The SMILES string of the molecule is CC(C)CC(NC(=O)c1ccc(N2CCNCC2)cc1)C(=O)N1CCC2C1C(=O)CN2C(=O)c1ccsc1. The second-order valence-corrected chi connectivity index (χ2v) is 11.5. The molecule has 10 heteroatoms. The lowest BCUT2D eigenvalue weighted by atomic mass is 10.0. The van der Waals surface area contributed by atoms with Crippen molar-refractivity contribution in [1.29, 1.82) is 0 Å². The van der Waals surface area contributed by atoms with Gasteiger partial charge >= 0.3 is 0 Å². The number of carbonyl (C=O) groups excluding carboxylic acids is 4. The summed E-state index contributed by atoms with van der Waals surface area (Å²) in [5, 5.41) is 9.90. The van der Waals surface area contributed by atoms with Crippen molar-refractivity contribution in [3.63, 3.8) is 0 Å². The number of nitrogens with zero attached hydrogens (tertiary/aromatic N) is 3. The highest BCUT2D eigenvalue weighted by Gasteiger charge is 2.52. The predicted molar refractivity (Wildman–Crippen MR) is 147 cm³/mol. The van der Waals surface area contributed by atoms with Crippen molar-refractivity contribution in [1.82, 2.24) is 20.4 Å². The molecule has 9 nitrogen and oxygen atoms in total. The Morgan fingerprint density at radius 2 is 1.76 bits per heavy atom. The van der Waals surface area contributed by atoms with E-state index >= 15 is 0 Å². The molecule has 4 heterocycles. The number of fused-ring (bicyclic) bond motifs is 1. The van der Waals surface area contributed by atoms with Gasteiger partial charge in [0, 0.05) is 49.4 Å². The average molecular weight is 538 g/mol. The zero-order valence-electron chi connectivity index (χ0n) is 21.9. The predicted octanol–water partition coefficient (Wildman–Crippen LogP) is 2.00. The molecule has 0 saturated carbocycles. The zero-order valence-corrected chi connectivity index (χ0v) is 22.7. The first-order valence-electron chi connectivity index (χ1n) is 13.4. The number of amides is 3. The quantitative estimate of drug-likeness (QED) is 0.560. The Kier molecular flexibility index (Phi) is 7.80. The fourth-order valence-electron chi connectivity index (χ4n) is 5.77. The molecular weight excluding hydrogens is 502 g/mol. The van der Waals surface area contributed by atoms with Gasteiger partial charge in [-0.3, -0.25) is 19.2 Å². The van der Waals surface area contributed by atoms with Crippen LogP contribution in [0.4, 0.5) is 5.69 Å². The molecule has 3 aliphatic heterocycles. The number of benzene rings is 1. The van der Waals surface area contributed by atoms with Crippen molar-refractivity contribution in [2.75, 3.05) is 44.2 Å². The van der Waals surface area contributed by atoms with Crippen LogP contribution in [0, 0.1) is 5.92 Å². The van der Waals surface area contributed by atoms with E-state index in [9.17, 15) is 19.2 Å². The van der Waals surface area contributed by atoms with Crippen LogP contribution in [0.3, 0.4) is 0 Å². The minimum atomic E-state index is -0.747. The van der Waals surface area contributed by atoms with E-state index in [-0.39, 0.29) is 42.0 Å². The highest BCUT2D eigenvalue weighted by atomic mass is 32.1. The molecule has 1 aromatic heterocycles. The van der Waals surface area contributed by atoms with Gasteiger partial charge in [0.2, 0.25) is 5.91 Å². The fourth-order valence-corrected chi connectivity index (χ4v) is 6.40. The van der Waals surface area contributed by atoms with Crippen LogP contribution < -0.4 is 15.5 Å². The number of rotatable bonds is 7. The van der Waals surface area contributed by atoms with Gasteiger partial charge in [-0.2, -0.15) is 11.3 Å². The van der Waals surface area contributed by atoms with E-state index in [0.29, 0.717) is 30.5 Å². The maximum absolute atomic E-state index is 13.7. The number of hydrogen-bond acceptors (Lipinski definition) is 7. The van der Waals surface area contributed by atoms with E-state index in [2.05, 4.69) is 15.5 Å². The lowest BCUT2D eigenvalue weighted by molar-refractivity contribution is -0.138. The Labute approximate surface area is 227 Å². The molecule has 2 aromatic rings. The van der Waals surface area contributed by atoms with E-state index in [0.717, 1.165) is 31.9 Å². The summed E-state index contributed by atoms with van der Waals surface area (Å²) in [6, 6.07) is 7.51. The van der Waals surface area contributed by atoms with Crippen LogP contribution in [0.1, 0.15) is 47.4 Å². The van der Waals surface area contributed by atoms with Crippen LogP contribution in [0.25, 0.3) is 0 Å². The van der Waals surface area contributed by atoms with Crippen molar-refractivity contribution in [3.05, 3.63) is 52.2 Å². The van der Waals surface area contributed by atoms with Crippen LogP contribution >= 0.6 is 11.3 Å². The third kappa shape index (κ3) is 5.33. The third-order valence-corrected chi connectivity index (χ3v) is 8.34. The Morgan fingerprint density at radius 1 is 1.03 bits per heavy atom. The summed E-state index contributed by atoms with van der Waals surface area (Å²) >= 11 is 1.44. The molecule has 0 aliphatic carbocycles. The van der Waals surface area contributed by atoms with E-state index < -0.39 is 12.1 Å².